The maximum absolute atomic E-state index is 14.0. The van der Waals surface area contributed by atoms with Gasteiger partial charge in [0.25, 0.3) is 0 Å². The highest BCUT2D eigenvalue weighted by Gasteiger charge is 2.19. The highest BCUT2D eigenvalue weighted by Crippen LogP contribution is 2.29. The van der Waals surface area contributed by atoms with Crippen LogP contribution in [0.2, 0.25) is 0 Å². The maximum Gasteiger partial charge on any atom is 0.165 e. The minimum Gasteiger partial charge on any atom is -0.493 e. The molecule has 1 atom stereocenters. The molecule has 1 fully saturated rings. The van der Waals surface area contributed by atoms with Gasteiger partial charge in [0, 0.05) is 6.04 Å². The Morgan fingerprint density at radius 2 is 2.22 bits per heavy atom. The average Bonchev–Trinajstić information content (AvgIpc) is 2.81. The Bertz CT molecular complexity index is 411. The van der Waals surface area contributed by atoms with E-state index in [1.807, 2.05) is 0 Å². The van der Waals surface area contributed by atoms with Crippen LogP contribution >= 0.6 is 0 Å². The lowest BCUT2D eigenvalue weighted by atomic mass is 9.96. The minimum absolute atomic E-state index is 0.239. The third kappa shape index (κ3) is 2.83. The van der Waals surface area contributed by atoms with Gasteiger partial charge in [-0.2, -0.15) is 0 Å². The van der Waals surface area contributed by atoms with E-state index in [9.17, 15) is 4.39 Å². The van der Waals surface area contributed by atoms with Gasteiger partial charge in [-0.1, -0.05) is 19.9 Å². The fourth-order valence-corrected chi connectivity index (χ4v) is 2.58. The number of halogens is 1. The highest BCUT2D eigenvalue weighted by molar-refractivity contribution is 5.40. The van der Waals surface area contributed by atoms with Gasteiger partial charge in [0.1, 0.15) is 0 Å². The van der Waals surface area contributed by atoms with Crippen molar-refractivity contribution in [2.45, 2.75) is 45.1 Å². The van der Waals surface area contributed by atoms with Crippen molar-refractivity contribution in [1.82, 2.24) is 5.32 Å². The Labute approximate surface area is 109 Å². The standard InChI is InChI=1S/C15H22FNO/c1-10(2)11-7-12(8-13-5-4-6-17-13)15(18-3)14(16)9-11/h7,9-10,13,17H,4-6,8H2,1-3H3. The first-order valence-corrected chi connectivity index (χ1v) is 6.71. The monoisotopic (exact) mass is 251 g/mol. The van der Waals surface area contributed by atoms with E-state index in [-0.39, 0.29) is 5.82 Å². The second kappa shape index (κ2) is 5.70. The van der Waals surface area contributed by atoms with Crippen LogP contribution in [0.15, 0.2) is 12.1 Å². The summed E-state index contributed by atoms with van der Waals surface area (Å²) in [6.45, 7) is 5.23. The molecule has 0 bridgehead atoms. The van der Waals surface area contributed by atoms with Gasteiger partial charge in [-0.25, -0.2) is 4.39 Å². The van der Waals surface area contributed by atoms with E-state index in [0.717, 1.165) is 30.5 Å². The molecule has 3 heteroatoms. The van der Waals surface area contributed by atoms with E-state index in [4.69, 9.17) is 4.74 Å². The molecule has 1 aliphatic rings. The molecular weight excluding hydrogens is 229 g/mol. The fraction of sp³-hybridized carbons (Fsp3) is 0.600. The molecule has 0 aliphatic carbocycles. The van der Waals surface area contributed by atoms with Crippen molar-refractivity contribution in [1.29, 1.82) is 0 Å². The molecule has 1 saturated heterocycles. The molecule has 100 valence electrons. The summed E-state index contributed by atoms with van der Waals surface area (Å²) in [5, 5.41) is 3.45. The van der Waals surface area contributed by atoms with Crippen LogP contribution in [0.4, 0.5) is 4.39 Å². The van der Waals surface area contributed by atoms with E-state index in [1.165, 1.54) is 6.42 Å². The summed E-state index contributed by atoms with van der Waals surface area (Å²) < 4.78 is 19.2. The SMILES string of the molecule is COc1c(F)cc(C(C)C)cc1CC1CCCN1. The Kier molecular flexibility index (Phi) is 4.23. The molecule has 18 heavy (non-hydrogen) atoms. The molecule has 0 amide bonds. The predicted molar refractivity (Wildman–Crippen MR) is 71.8 cm³/mol. The van der Waals surface area contributed by atoms with Gasteiger partial charge in [0.15, 0.2) is 11.6 Å². The Balaban J connectivity index is 2.29. The van der Waals surface area contributed by atoms with Crippen molar-refractivity contribution >= 4 is 0 Å². The lowest BCUT2D eigenvalue weighted by Gasteiger charge is -2.17. The Hall–Kier alpha value is -1.09. The molecule has 1 aromatic rings. The average molecular weight is 251 g/mol. The topological polar surface area (TPSA) is 21.3 Å². The Morgan fingerprint density at radius 3 is 2.78 bits per heavy atom. The highest BCUT2D eigenvalue weighted by atomic mass is 19.1. The first kappa shape index (κ1) is 13.3. The van der Waals surface area contributed by atoms with Gasteiger partial charge in [-0.15, -0.1) is 0 Å². The van der Waals surface area contributed by atoms with Gasteiger partial charge in [-0.3, -0.25) is 0 Å². The zero-order chi connectivity index (χ0) is 13.1. The molecule has 1 aromatic carbocycles. The van der Waals surface area contributed by atoms with E-state index >= 15 is 0 Å². The molecular formula is C15H22FNO. The van der Waals surface area contributed by atoms with Gasteiger partial charge >= 0.3 is 0 Å². The molecule has 1 aliphatic heterocycles. The quantitative estimate of drug-likeness (QED) is 0.887. The molecule has 2 nitrogen and oxygen atoms in total. The number of rotatable bonds is 4. The fourth-order valence-electron chi connectivity index (χ4n) is 2.58. The summed E-state index contributed by atoms with van der Waals surface area (Å²) in [6, 6.07) is 4.14. The van der Waals surface area contributed by atoms with Crippen LogP contribution in [0.3, 0.4) is 0 Å². The lowest BCUT2D eigenvalue weighted by molar-refractivity contribution is 0.378. The molecule has 0 radical (unpaired) electrons. The summed E-state index contributed by atoms with van der Waals surface area (Å²) in [4.78, 5) is 0. The van der Waals surface area contributed by atoms with Gasteiger partial charge in [0.05, 0.1) is 7.11 Å². The second-order valence-electron chi connectivity index (χ2n) is 5.35. The van der Waals surface area contributed by atoms with Crippen LogP contribution < -0.4 is 10.1 Å². The Morgan fingerprint density at radius 1 is 1.44 bits per heavy atom. The maximum atomic E-state index is 14.0. The van der Waals surface area contributed by atoms with Gasteiger partial charge in [0.2, 0.25) is 0 Å². The number of methoxy groups -OCH3 is 1. The molecule has 0 saturated carbocycles. The lowest BCUT2D eigenvalue weighted by Crippen LogP contribution is -2.24. The molecule has 1 N–H and O–H groups in total. The van der Waals surface area contributed by atoms with Crippen molar-refractivity contribution in [3.05, 3.63) is 29.1 Å². The van der Waals surface area contributed by atoms with Crippen LogP contribution in [0.25, 0.3) is 0 Å². The third-order valence-electron chi connectivity index (χ3n) is 3.64. The first-order chi connectivity index (χ1) is 8.61. The molecule has 0 spiro atoms. The van der Waals surface area contributed by atoms with Crippen molar-refractivity contribution in [3.63, 3.8) is 0 Å². The van der Waals surface area contributed by atoms with Crippen LogP contribution in [-0.4, -0.2) is 19.7 Å². The summed E-state index contributed by atoms with van der Waals surface area (Å²) in [6.07, 6.45) is 3.22. The molecule has 0 aromatic heterocycles. The van der Waals surface area contributed by atoms with Crippen molar-refractivity contribution < 1.29 is 9.13 Å². The van der Waals surface area contributed by atoms with Crippen LogP contribution in [0.5, 0.6) is 5.75 Å². The number of nitrogens with one attached hydrogen (secondary N) is 1. The van der Waals surface area contributed by atoms with E-state index in [2.05, 4.69) is 25.2 Å². The summed E-state index contributed by atoms with van der Waals surface area (Å²) in [5.41, 5.74) is 2.03. The third-order valence-corrected chi connectivity index (χ3v) is 3.64. The first-order valence-electron chi connectivity index (χ1n) is 6.71. The van der Waals surface area contributed by atoms with Crippen LogP contribution in [0.1, 0.15) is 43.7 Å². The van der Waals surface area contributed by atoms with E-state index in [1.54, 1.807) is 13.2 Å². The van der Waals surface area contributed by atoms with Crippen LogP contribution in [0, 0.1) is 5.82 Å². The van der Waals surface area contributed by atoms with Crippen LogP contribution in [-0.2, 0) is 6.42 Å². The molecule has 1 heterocycles. The van der Waals surface area contributed by atoms with Crippen molar-refractivity contribution in [3.8, 4) is 5.75 Å². The number of hydrogen-bond acceptors (Lipinski definition) is 2. The van der Waals surface area contributed by atoms with Gasteiger partial charge in [-0.05, 0) is 48.9 Å². The zero-order valence-corrected chi connectivity index (χ0v) is 11.4. The minimum atomic E-state index is -0.239. The largest absolute Gasteiger partial charge is 0.493 e. The summed E-state index contributed by atoms with van der Waals surface area (Å²) >= 11 is 0. The smallest absolute Gasteiger partial charge is 0.165 e. The van der Waals surface area contributed by atoms with Gasteiger partial charge < -0.3 is 10.1 Å². The zero-order valence-electron chi connectivity index (χ0n) is 11.4. The number of hydrogen-bond donors (Lipinski definition) is 1. The molecule has 1 unspecified atom stereocenters. The van der Waals surface area contributed by atoms with Crippen molar-refractivity contribution in [2.75, 3.05) is 13.7 Å². The number of ether oxygens (including phenoxy) is 1. The summed E-state index contributed by atoms with van der Waals surface area (Å²) in [7, 11) is 1.54. The predicted octanol–water partition coefficient (Wildman–Crippen LogP) is 3.25. The normalized spacial score (nSPS) is 19.5. The summed E-state index contributed by atoms with van der Waals surface area (Å²) in [5.74, 6) is 0.505. The van der Waals surface area contributed by atoms with Crippen molar-refractivity contribution in [2.24, 2.45) is 0 Å². The van der Waals surface area contributed by atoms with E-state index < -0.39 is 0 Å². The second-order valence-corrected chi connectivity index (χ2v) is 5.35. The number of benzene rings is 1. The van der Waals surface area contributed by atoms with E-state index in [0.29, 0.717) is 17.7 Å². The molecule has 2 rings (SSSR count).